The van der Waals surface area contributed by atoms with Crippen LogP contribution in [0, 0.1) is 0 Å². The molecule has 2 saturated heterocycles. The smallest absolute Gasteiger partial charge is 0.186 e. The van der Waals surface area contributed by atoms with E-state index in [2.05, 4.69) is 5.32 Å². The van der Waals surface area contributed by atoms with Crippen molar-refractivity contribution in [3.8, 4) is 0 Å². The zero-order valence-corrected chi connectivity index (χ0v) is 20.6. The van der Waals surface area contributed by atoms with E-state index < -0.39 is 92.2 Å². The Bertz CT molecular complexity index is 700. The zero-order chi connectivity index (χ0) is 27.4. The van der Waals surface area contributed by atoms with Crippen molar-refractivity contribution >= 4 is 0 Å². The summed E-state index contributed by atoms with van der Waals surface area (Å²) in [5.74, 6) is 0. The van der Waals surface area contributed by atoms with E-state index in [9.17, 15) is 30.6 Å². The highest BCUT2D eigenvalue weighted by Crippen LogP contribution is 2.31. The number of aliphatic hydroxyl groups excluding tert-OH is 6. The molecule has 1 aliphatic carbocycles. The van der Waals surface area contributed by atoms with Crippen molar-refractivity contribution in [1.82, 2.24) is 5.32 Å². The van der Waals surface area contributed by atoms with Crippen LogP contribution >= 0.6 is 0 Å². The SMILES string of the molecule is NCC(O)CN[C@@H]1C(O)[C@H](N)C(O[C@H]2OC(CN)CCC2N)C(O)[C@H]1O[C@H]1OC(CO)[C@H](O)[C@H](N)C1O. The average Bonchev–Trinajstić information content (AvgIpc) is 2.90. The molecule has 0 bridgehead atoms. The second kappa shape index (κ2) is 13.6. The van der Waals surface area contributed by atoms with Crippen LogP contribution in [0.5, 0.6) is 0 Å². The van der Waals surface area contributed by atoms with Crippen LogP contribution in [0.3, 0.4) is 0 Å². The molecular formula is C21H44N6O10. The van der Waals surface area contributed by atoms with Crippen molar-refractivity contribution in [3.63, 3.8) is 0 Å². The van der Waals surface area contributed by atoms with Crippen LogP contribution in [0.25, 0.3) is 0 Å². The normalized spacial score (nSPS) is 48.1. The summed E-state index contributed by atoms with van der Waals surface area (Å²) in [6.45, 7) is -0.526. The number of nitrogens with one attached hydrogen (secondary N) is 1. The number of nitrogens with two attached hydrogens (primary N) is 5. The van der Waals surface area contributed by atoms with Gasteiger partial charge in [0.2, 0.25) is 0 Å². The molecule has 2 aliphatic heterocycles. The third-order valence-electron chi connectivity index (χ3n) is 7.31. The van der Waals surface area contributed by atoms with Gasteiger partial charge in [-0.15, -0.1) is 0 Å². The Kier molecular flexibility index (Phi) is 11.4. The summed E-state index contributed by atoms with van der Waals surface area (Å²) in [5.41, 5.74) is 29.5. The second-order valence-corrected chi connectivity index (χ2v) is 9.97. The van der Waals surface area contributed by atoms with Gasteiger partial charge in [0.05, 0.1) is 49.1 Å². The van der Waals surface area contributed by atoms with Gasteiger partial charge in [-0.3, -0.25) is 0 Å². The fourth-order valence-corrected chi connectivity index (χ4v) is 4.90. The molecule has 0 amide bonds. The molecule has 16 nitrogen and oxygen atoms in total. The van der Waals surface area contributed by atoms with Crippen LogP contribution in [-0.4, -0.2) is 149 Å². The Morgan fingerprint density at radius 2 is 1.51 bits per heavy atom. The van der Waals surface area contributed by atoms with Crippen molar-refractivity contribution in [3.05, 3.63) is 0 Å². The predicted molar refractivity (Wildman–Crippen MR) is 127 cm³/mol. The van der Waals surface area contributed by atoms with Gasteiger partial charge < -0.3 is 83.6 Å². The van der Waals surface area contributed by atoms with Crippen LogP contribution < -0.4 is 34.0 Å². The zero-order valence-electron chi connectivity index (χ0n) is 20.6. The number of hydrogen-bond donors (Lipinski definition) is 12. The maximum atomic E-state index is 11.4. The first kappa shape index (κ1) is 30.9. The molecule has 3 fully saturated rings. The molecule has 3 rings (SSSR count). The Morgan fingerprint density at radius 3 is 2.14 bits per heavy atom. The van der Waals surface area contributed by atoms with Gasteiger partial charge in [0.1, 0.15) is 36.6 Å². The van der Waals surface area contributed by atoms with Gasteiger partial charge in [-0.05, 0) is 12.8 Å². The number of aliphatic hydroxyl groups is 6. The lowest BCUT2D eigenvalue weighted by molar-refractivity contribution is -0.319. The number of hydrogen-bond acceptors (Lipinski definition) is 16. The van der Waals surface area contributed by atoms with E-state index in [0.717, 1.165) is 0 Å². The predicted octanol–water partition coefficient (Wildman–Crippen LogP) is -7.35. The topological polar surface area (TPSA) is 300 Å². The summed E-state index contributed by atoms with van der Waals surface area (Å²) in [6, 6.07) is -4.01. The molecule has 16 heteroatoms. The average molecular weight is 541 g/mol. The van der Waals surface area contributed by atoms with E-state index in [1.54, 1.807) is 0 Å². The van der Waals surface area contributed by atoms with Crippen LogP contribution in [0.15, 0.2) is 0 Å². The minimum atomic E-state index is -1.55. The van der Waals surface area contributed by atoms with Gasteiger partial charge in [0.25, 0.3) is 0 Å². The van der Waals surface area contributed by atoms with Crippen LogP contribution in [0.2, 0.25) is 0 Å². The van der Waals surface area contributed by atoms with Crippen molar-refractivity contribution < 1.29 is 49.6 Å². The molecule has 0 spiro atoms. The molecule has 37 heavy (non-hydrogen) atoms. The lowest BCUT2D eigenvalue weighted by Gasteiger charge is -2.50. The summed E-state index contributed by atoms with van der Waals surface area (Å²) in [6.07, 6.45) is -12.1. The molecule has 0 aromatic rings. The van der Waals surface area contributed by atoms with Crippen molar-refractivity contribution in [1.29, 1.82) is 0 Å². The molecule has 17 N–H and O–H groups in total. The summed E-state index contributed by atoms with van der Waals surface area (Å²) in [4.78, 5) is 0. The molecule has 0 radical (unpaired) electrons. The largest absolute Gasteiger partial charge is 0.394 e. The molecular weight excluding hydrogens is 496 g/mol. The first-order valence-corrected chi connectivity index (χ1v) is 12.6. The van der Waals surface area contributed by atoms with Gasteiger partial charge >= 0.3 is 0 Å². The highest BCUT2D eigenvalue weighted by molar-refractivity contribution is 5.07. The van der Waals surface area contributed by atoms with Crippen molar-refractivity contribution in [2.45, 2.75) is 105 Å². The Morgan fingerprint density at radius 1 is 0.838 bits per heavy atom. The van der Waals surface area contributed by atoms with E-state index in [0.29, 0.717) is 12.8 Å². The molecule has 218 valence electrons. The minimum absolute atomic E-state index is 0.0731. The third kappa shape index (κ3) is 6.93. The van der Waals surface area contributed by atoms with E-state index in [4.69, 9.17) is 47.6 Å². The lowest BCUT2D eigenvalue weighted by Crippen LogP contribution is -2.73. The van der Waals surface area contributed by atoms with Crippen molar-refractivity contribution in [2.75, 3.05) is 26.2 Å². The molecule has 8 unspecified atom stereocenters. The first-order chi connectivity index (χ1) is 17.5. The van der Waals surface area contributed by atoms with Crippen LogP contribution in [0.1, 0.15) is 12.8 Å². The molecule has 0 aromatic heterocycles. The van der Waals surface area contributed by atoms with Crippen LogP contribution in [-0.2, 0) is 18.9 Å². The minimum Gasteiger partial charge on any atom is -0.394 e. The standard InChI is InChI=1S/C21H44N6O10/c22-3-7(29)5-27-13-15(31)12(26)18(36-20-9(24)2-1-8(4-23)34-20)17(33)19(13)37-21-16(32)11(25)14(30)10(6-28)35-21/h7-21,27-33H,1-6,22-26H2/t7?,8?,9?,10?,11-,12-,13+,14-,15?,16?,17?,18?,19-,20+,21+/m0/s1. The Balaban J connectivity index is 1.84. The quantitative estimate of drug-likeness (QED) is 0.122. The molecule has 1 saturated carbocycles. The van der Waals surface area contributed by atoms with Gasteiger partial charge in [0.15, 0.2) is 12.6 Å². The molecule has 3 aliphatic rings. The number of rotatable bonds is 10. The monoisotopic (exact) mass is 540 g/mol. The highest BCUT2D eigenvalue weighted by Gasteiger charge is 2.54. The van der Waals surface area contributed by atoms with E-state index in [1.807, 2.05) is 0 Å². The van der Waals surface area contributed by atoms with E-state index in [1.165, 1.54) is 0 Å². The summed E-state index contributed by atoms with van der Waals surface area (Å²) < 4.78 is 23.2. The van der Waals surface area contributed by atoms with E-state index >= 15 is 0 Å². The fraction of sp³-hybridized carbons (Fsp3) is 1.00. The molecule has 0 aromatic carbocycles. The summed E-state index contributed by atoms with van der Waals surface area (Å²) >= 11 is 0. The van der Waals surface area contributed by atoms with Gasteiger partial charge in [-0.2, -0.15) is 0 Å². The van der Waals surface area contributed by atoms with Gasteiger partial charge in [-0.1, -0.05) is 0 Å². The third-order valence-corrected chi connectivity index (χ3v) is 7.31. The van der Waals surface area contributed by atoms with E-state index in [-0.39, 0.29) is 25.7 Å². The van der Waals surface area contributed by atoms with Gasteiger partial charge in [-0.25, -0.2) is 0 Å². The second-order valence-electron chi connectivity index (χ2n) is 9.97. The van der Waals surface area contributed by atoms with Gasteiger partial charge in [0, 0.05) is 19.6 Å². The highest BCUT2D eigenvalue weighted by atomic mass is 16.7. The lowest BCUT2D eigenvalue weighted by atomic mass is 9.81. The van der Waals surface area contributed by atoms with Crippen molar-refractivity contribution in [2.24, 2.45) is 28.7 Å². The molecule has 2 heterocycles. The first-order valence-electron chi connectivity index (χ1n) is 12.6. The summed E-state index contributed by atoms with van der Waals surface area (Å²) in [5, 5.41) is 65.5. The van der Waals surface area contributed by atoms with Crippen LogP contribution in [0.4, 0.5) is 0 Å². The maximum absolute atomic E-state index is 11.4. The number of ether oxygens (including phenoxy) is 4. The fourth-order valence-electron chi connectivity index (χ4n) is 4.90. The maximum Gasteiger partial charge on any atom is 0.186 e. The Hall–Kier alpha value is -0.640. The summed E-state index contributed by atoms with van der Waals surface area (Å²) in [7, 11) is 0. The molecule has 15 atom stereocenters. The Labute approximate surface area is 214 Å².